The van der Waals surface area contributed by atoms with E-state index in [0.717, 1.165) is 0 Å². The van der Waals surface area contributed by atoms with E-state index in [9.17, 15) is 0 Å². The van der Waals surface area contributed by atoms with Crippen LogP contribution in [0.4, 0.5) is 5.69 Å². The van der Waals surface area contributed by atoms with Gasteiger partial charge in [-0.2, -0.15) is 0 Å². The Hall–Kier alpha value is -1.55. The predicted octanol–water partition coefficient (Wildman–Crippen LogP) is 1.50. The first kappa shape index (κ1) is 8.07. The Bertz CT molecular complexity index is 410. The Kier molecular flexibility index (Phi) is 1.90. The number of nitrogens with zero attached hydrogens (tertiary/aromatic N) is 3. The van der Waals surface area contributed by atoms with Crippen molar-refractivity contribution in [3.05, 3.63) is 36.0 Å². The van der Waals surface area contributed by atoms with Crippen LogP contribution in [0.15, 0.2) is 31.0 Å². The number of aromatic nitrogens is 3. The van der Waals surface area contributed by atoms with Crippen molar-refractivity contribution < 1.29 is 0 Å². The highest BCUT2D eigenvalue weighted by Crippen LogP contribution is 2.19. The molecule has 0 bridgehead atoms. The number of nitrogen functional groups attached to an aromatic ring is 1. The molecule has 5 heteroatoms. The van der Waals surface area contributed by atoms with Gasteiger partial charge in [-0.15, -0.1) is 0 Å². The van der Waals surface area contributed by atoms with Crippen LogP contribution in [0, 0.1) is 0 Å². The fourth-order valence-corrected chi connectivity index (χ4v) is 1.29. The normalized spacial score (nSPS) is 10.2. The topological polar surface area (TPSA) is 56.7 Å². The molecular weight excluding hydrogens is 188 g/mol. The molecule has 2 aromatic rings. The van der Waals surface area contributed by atoms with Crippen molar-refractivity contribution in [1.82, 2.24) is 14.5 Å². The molecule has 0 unspecified atom stereocenters. The van der Waals surface area contributed by atoms with Gasteiger partial charge in [0.25, 0.3) is 0 Å². The first-order valence-electron chi connectivity index (χ1n) is 3.67. The molecule has 0 saturated carbocycles. The molecule has 2 aromatic heterocycles. The molecule has 0 spiro atoms. The minimum atomic E-state index is 0.512. The van der Waals surface area contributed by atoms with Crippen molar-refractivity contribution in [2.24, 2.45) is 0 Å². The molecule has 0 radical (unpaired) electrons. The molecule has 4 nitrogen and oxygen atoms in total. The predicted molar refractivity (Wildman–Crippen MR) is 50.8 cm³/mol. The molecule has 66 valence electrons. The second-order valence-corrected chi connectivity index (χ2v) is 2.95. The maximum absolute atomic E-state index is 5.93. The summed E-state index contributed by atoms with van der Waals surface area (Å²) >= 11 is 5.93. The zero-order valence-electron chi connectivity index (χ0n) is 6.68. The zero-order valence-corrected chi connectivity index (χ0v) is 7.44. The lowest BCUT2D eigenvalue weighted by molar-refractivity contribution is 0.994. The third kappa shape index (κ3) is 1.48. The second-order valence-electron chi connectivity index (χ2n) is 2.54. The Labute approximate surface area is 80.0 Å². The first-order chi connectivity index (χ1) is 6.27. The largest absolute Gasteiger partial charge is 0.397 e. The standard InChI is InChI=1S/C8H7ClN4/c9-7-3-6(10)4-12-8(7)13-2-1-11-5-13/h1-5H,10H2. The number of hydrogen-bond acceptors (Lipinski definition) is 3. The van der Waals surface area contributed by atoms with Gasteiger partial charge in [0.05, 0.1) is 16.9 Å². The summed E-state index contributed by atoms with van der Waals surface area (Å²) in [5.74, 6) is 0.633. The van der Waals surface area contributed by atoms with E-state index in [1.165, 1.54) is 0 Å². The quantitative estimate of drug-likeness (QED) is 0.749. The van der Waals surface area contributed by atoms with Gasteiger partial charge in [-0.1, -0.05) is 11.6 Å². The van der Waals surface area contributed by atoms with Crippen molar-refractivity contribution in [3.8, 4) is 5.82 Å². The molecule has 2 heterocycles. The molecular formula is C8H7ClN4. The Morgan fingerprint density at radius 2 is 2.31 bits per heavy atom. The third-order valence-electron chi connectivity index (χ3n) is 1.59. The lowest BCUT2D eigenvalue weighted by Gasteiger charge is -2.03. The molecule has 2 N–H and O–H groups in total. The SMILES string of the molecule is Nc1cnc(-n2ccnc2)c(Cl)c1. The van der Waals surface area contributed by atoms with E-state index in [1.54, 1.807) is 35.6 Å². The highest BCUT2D eigenvalue weighted by atomic mass is 35.5. The van der Waals surface area contributed by atoms with E-state index in [2.05, 4.69) is 9.97 Å². The fourth-order valence-electron chi connectivity index (χ4n) is 1.02. The number of halogens is 1. The van der Waals surface area contributed by atoms with Gasteiger partial charge in [-0.05, 0) is 6.07 Å². The van der Waals surface area contributed by atoms with E-state index >= 15 is 0 Å². The van der Waals surface area contributed by atoms with Crippen LogP contribution >= 0.6 is 11.6 Å². The monoisotopic (exact) mass is 194 g/mol. The molecule has 2 rings (SSSR count). The van der Waals surface area contributed by atoms with Crippen LogP contribution in [0.1, 0.15) is 0 Å². The Balaban J connectivity index is 2.53. The number of hydrogen-bond donors (Lipinski definition) is 1. The van der Waals surface area contributed by atoms with Crippen molar-refractivity contribution in [2.45, 2.75) is 0 Å². The Morgan fingerprint density at radius 1 is 1.46 bits per heavy atom. The molecule has 0 aliphatic rings. The highest BCUT2D eigenvalue weighted by molar-refractivity contribution is 6.32. The summed E-state index contributed by atoms with van der Waals surface area (Å²) in [4.78, 5) is 7.98. The van der Waals surface area contributed by atoms with Gasteiger partial charge in [0.2, 0.25) is 0 Å². The van der Waals surface area contributed by atoms with Crippen LogP contribution in [-0.2, 0) is 0 Å². The van der Waals surface area contributed by atoms with Crippen molar-refractivity contribution in [3.63, 3.8) is 0 Å². The lowest BCUT2D eigenvalue weighted by Crippen LogP contribution is -1.96. The minimum absolute atomic E-state index is 0.512. The van der Waals surface area contributed by atoms with Crippen molar-refractivity contribution >= 4 is 17.3 Å². The van der Waals surface area contributed by atoms with Crippen LogP contribution in [-0.4, -0.2) is 14.5 Å². The van der Waals surface area contributed by atoms with Crippen LogP contribution < -0.4 is 5.73 Å². The lowest BCUT2D eigenvalue weighted by atomic mass is 10.4. The smallest absolute Gasteiger partial charge is 0.156 e. The maximum Gasteiger partial charge on any atom is 0.156 e. The van der Waals surface area contributed by atoms with E-state index in [0.29, 0.717) is 16.5 Å². The molecule has 13 heavy (non-hydrogen) atoms. The van der Waals surface area contributed by atoms with Crippen LogP contribution in [0.3, 0.4) is 0 Å². The van der Waals surface area contributed by atoms with E-state index in [-0.39, 0.29) is 0 Å². The van der Waals surface area contributed by atoms with E-state index in [1.807, 2.05) is 0 Å². The molecule has 0 aliphatic heterocycles. The number of imidazole rings is 1. The summed E-state index contributed by atoms with van der Waals surface area (Å²) in [6.45, 7) is 0. The van der Waals surface area contributed by atoms with Gasteiger partial charge in [0.1, 0.15) is 6.33 Å². The highest BCUT2D eigenvalue weighted by Gasteiger charge is 2.03. The molecule has 0 aromatic carbocycles. The Morgan fingerprint density at radius 3 is 2.92 bits per heavy atom. The fraction of sp³-hybridized carbons (Fsp3) is 0. The van der Waals surface area contributed by atoms with Gasteiger partial charge in [0, 0.05) is 12.4 Å². The van der Waals surface area contributed by atoms with E-state index < -0.39 is 0 Å². The number of pyridine rings is 1. The molecule has 0 fully saturated rings. The van der Waals surface area contributed by atoms with Crippen molar-refractivity contribution in [1.29, 1.82) is 0 Å². The van der Waals surface area contributed by atoms with Crippen LogP contribution in [0.2, 0.25) is 5.02 Å². The van der Waals surface area contributed by atoms with Gasteiger partial charge < -0.3 is 5.73 Å². The van der Waals surface area contributed by atoms with Crippen molar-refractivity contribution in [2.75, 3.05) is 5.73 Å². The third-order valence-corrected chi connectivity index (χ3v) is 1.87. The van der Waals surface area contributed by atoms with Gasteiger partial charge in [0.15, 0.2) is 5.82 Å². The van der Waals surface area contributed by atoms with Crippen LogP contribution in [0.25, 0.3) is 5.82 Å². The molecule has 0 amide bonds. The number of nitrogens with two attached hydrogens (primary N) is 1. The summed E-state index contributed by atoms with van der Waals surface area (Å²) < 4.78 is 1.72. The van der Waals surface area contributed by atoms with Gasteiger partial charge >= 0.3 is 0 Å². The summed E-state index contributed by atoms with van der Waals surface area (Å²) in [5.41, 5.74) is 6.06. The second kappa shape index (κ2) is 3.06. The van der Waals surface area contributed by atoms with Gasteiger partial charge in [-0.25, -0.2) is 9.97 Å². The average Bonchev–Trinajstić information content (AvgIpc) is 2.56. The summed E-state index contributed by atoms with van der Waals surface area (Å²) in [6.07, 6.45) is 6.62. The molecule has 0 saturated heterocycles. The first-order valence-corrected chi connectivity index (χ1v) is 4.04. The van der Waals surface area contributed by atoms with Gasteiger partial charge in [-0.3, -0.25) is 4.57 Å². The maximum atomic E-state index is 5.93. The number of anilines is 1. The van der Waals surface area contributed by atoms with Crippen LogP contribution in [0.5, 0.6) is 0 Å². The summed E-state index contributed by atoms with van der Waals surface area (Å²) in [5, 5.41) is 0.512. The molecule has 0 aliphatic carbocycles. The number of rotatable bonds is 1. The van der Waals surface area contributed by atoms with E-state index in [4.69, 9.17) is 17.3 Å². The summed E-state index contributed by atoms with van der Waals surface area (Å²) in [7, 11) is 0. The zero-order chi connectivity index (χ0) is 9.26. The summed E-state index contributed by atoms with van der Waals surface area (Å²) in [6, 6.07) is 1.66. The molecule has 0 atom stereocenters. The minimum Gasteiger partial charge on any atom is -0.397 e. The average molecular weight is 195 g/mol.